The Kier molecular flexibility index (Phi) is 4.94. The van der Waals surface area contributed by atoms with Gasteiger partial charge < -0.3 is 5.73 Å². The van der Waals surface area contributed by atoms with Crippen molar-refractivity contribution in [2.45, 2.75) is 44.9 Å². The van der Waals surface area contributed by atoms with Crippen molar-refractivity contribution < 1.29 is 8.42 Å². The summed E-state index contributed by atoms with van der Waals surface area (Å²) in [4.78, 5) is 0.389. The summed E-state index contributed by atoms with van der Waals surface area (Å²) in [5.41, 5.74) is 7.04. The maximum absolute atomic E-state index is 12.8. The first-order valence-corrected chi connectivity index (χ1v) is 9.12. The van der Waals surface area contributed by atoms with Crippen LogP contribution in [0.1, 0.15) is 38.7 Å². The Morgan fingerprint density at radius 3 is 2.57 bits per heavy atom. The summed E-state index contributed by atoms with van der Waals surface area (Å²) in [6, 6.07) is 5.01. The van der Waals surface area contributed by atoms with Crippen LogP contribution in [0.4, 0.5) is 5.69 Å². The lowest BCUT2D eigenvalue weighted by Gasteiger charge is -2.22. The van der Waals surface area contributed by atoms with E-state index in [4.69, 9.17) is 5.73 Å². The van der Waals surface area contributed by atoms with Crippen LogP contribution in [0.3, 0.4) is 0 Å². The van der Waals surface area contributed by atoms with Crippen LogP contribution in [-0.2, 0) is 10.0 Å². The molecule has 1 aliphatic rings. The first-order valence-electron chi connectivity index (χ1n) is 7.68. The van der Waals surface area contributed by atoms with Gasteiger partial charge in [-0.3, -0.25) is 0 Å². The van der Waals surface area contributed by atoms with Crippen LogP contribution < -0.4 is 5.73 Å². The summed E-state index contributed by atoms with van der Waals surface area (Å²) in [6.07, 6.45) is 3.01. The zero-order valence-corrected chi connectivity index (χ0v) is 14.0. The number of aryl methyl sites for hydroxylation is 1. The molecule has 1 unspecified atom stereocenters. The molecule has 0 aromatic heterocycles. The van der Waals surface area contributed by atoms with Crippen LogP contribution >= 0.6 is 0 Å². The van der Waals surface area contributed by atoms with Gasteiger partial charge in [0, 0.05) is 18.8 Å². The molecular formula is C16H26N2O2S. The lowest BCUT2D eigenvalue weighted by molar-refractivity contribution is 0.340. The lowest BCUT2D eigenvalue weighted by atomic mass is 9.89. The SMILES string of the molecule is Cc1cc(N)ccc1S(=O)(=O)N1CCCC(C(C)C)CC1. The molecule has 1 atom stereocenters. The fraction of sp³-hybridized carbons (Fsp3) is 0.625. The Hall–Kier alpha value is -1.07. The Morgan fingerprint density at radius 2 is 1.95 bits per heavy atom. The second kappa shape index (κ2) is 6.36. The number of hydrogen-bond donors (Lipinski definition) is 1. The first-order chi connectivity index (χ1) is 9.82. The number of anilines is 1. The summed E-state index contributed by atoms with van der Waals surface area (Å²) >= 11 is 0. The largest absolute Gasteiger partial charge is 0.399 e. The van der Waals surface area contributed by atoms with Gasteiger partial charge in [0.25, 0.3) is 0 Å². The van der Waals surface area contributed by atoms with E-state index in [1.54, 1.807) is 29.4 Å². The van der Waals surface area contributed by atoms with Gasteiger partial charge >= 0.3 is 0 Å². The molecule has 0 radical (unpaired) electrons. The minimum Gasteiger partial charge on any atom is -0.399 e. The first kappa shape index (κ1) is 16.3. The predicted octanol–water partition coefficient (Wildman–Crippen LogP) is 3.02. The highest BCUT2D eigenvalue weighted by Gasteiger charge is 2.29. The highest BCUT2D eigenvalue weighted by Crippen LogP contribution is 2.28. The number of rotatable bonds is 3. The van der Waals surface area contributed by atoms with Crippen molar-refractivity contribution in [1.82, 2.24) is 4.31 Å². The molecule has 0 aliphatic carbocycles. The molecule has 1 aromatic carbocycles. The quantitative estimate of drug-likeness (QED) is 0.873. The van der Waals surface area contributed by atoms with Gasteiger partial charge in [0.2, 0.25) is 10.0 Å². The predicted molar refractivity (Wildman–Crippen MR) is 86.5 cm³/mol. The summed E-state index contributed by atoms with van der Waals surface area (Å²) < 4.78 is 27.3. The minimum atomic E-state index is -3.40. The third kappa shape index (κ3) is 3.58. The molecule has 4 nitrogen and oxygen atoms in total. The highest BCUT2D eigenvalue weighted by atomic mass is 32.2. The van der Waals surface area contributed by atoms with Gasteiger partial charge in [-0.1, -0.05) is 13.8 Å². The summed E-state index contributed by atoms with van der Waals surface area (Å²) in [5, 5.41) is 0. The lowest BCUT2D eigenvalue weighted by Crippen LogP contribution is -2.32. The molecule has 1 heterocycles. The van der Waals surface area contributed by atoms with Gasteiger partial charge in [-0.25, -0.2) is 8.42 Å². The molecule has 21 heavy (non-hydrogen) atoms. The van der Waals surface area contributed by atoms with Gasteiger partial charge in [-0.15, -0.1) is 0 Å². The number of nitrogens with two attached hydrogens (primary N) is 1. The van der Waals surface area contributed by atoms with Gasteiger partial charge in [0.15, 0.2) is 0 Å². The molecule has 0 spiro atoms. The van der Waals surface area contributed by atoms with Crippen molar-refractivity contribution in [1.29, 1.82) is 0 Å². The van der Waals surface area contributed by atoms with Crippen LogP contribution in [-0.4, -0.2) is 25.8 Å². The van der Waals surface area contributed by atoms with Gasteiger partial charge in [-0.05, 0) is 61.8 Å². The molecule has 1 aromatic rings. The zero-order valence-electron chi connectivity index (χ0n) is 13.2. The molecule has 0 amide bonds. The normalized spacial score (nSPS) is 21.4. The Balaban J connectivity index is 2.23. The topological polar surface area (TPSA) is 63.4 Å². The minimum absolute atomic E-state index is 0.389. The smallest absolute Gasteiger partial charge is 0.243 e. The second-order valence-corrected chi connectivity index (χ2v) is 8.27. The molecule has 1 fully saturated rings. The van der Waals surface area contributed by atoms with Gasteiger partial charge in [-0.2, -0.15) is 4.31 Å². The molecule has 5 heteroatoms. The van der Waals surface area contributed by atoms with Gasteiger partial charge in [0.1, 0.15) is 0 Å². The molecule has 0 saturated carbocycles. The van der Waals surface area contributed by atoms with Crippen molar-refractivity contribution in [2.75, 3.05) is 18.8 Å². The average molecular weight is 310 g/mol. The van der Waals surface area contributed by atoms with Crippen molar-refractivity contribution in [3.63, 3.8) is 0 Å². The molecule has 118 valence electrons. The number of benzene rings is 1. The number of nitrogen functional groups attached to an aromatic ring is 1. The third-order valence-corrected chi connectivity index (χ3v) is 6.55. The molecule has 1 aliphatic heterocycles. The van der Waals surface area contributed by atoms with E-state index in [9.17, 15) is 8.42 Å². The highest BCUT2D eigenvalue weighted by molar-refractivity contribution is 7.89. The number of sulfonamides is 1. The van der Waals surface area contributed by atoms with Crippen molar-refractivity contribution >= 4 is 15.7 Å². The maximum Gasteiger partial charge on any atom is 0.243 e. The van der Waals surface area contributed by atoms with E-state index in [1.165, 1.54) is 0 Å². The van der Waals surface area contributed by atoms with E-state index in [0.717, 1.165) is 24.8 Å². The molecule has 0 bridgehead atoms. The molecular weight excluding hydrogens is 284 g/mol. The van der Waals surface area contributed by atoms with Crippen LogP contribution in [0.15, 0.2) is 23.1 Å². The fourth-order valence-electron chi connectivity index (χ4n) is 3.10. The van der Waals surface area contributed by atoms with E-state index in [-0.39, 0.29) is 0 Å². The van der Waals surface area contributed by atoms with Crippen molar-refractivity contribution in [2.24, 2.45) is 11.8 Å². The Labute approximate surface area is 128 Å². The fourth-order valence-corrected chi connectivity index (χ4v) is 4.80. The number of hydrogen-bond acceptors (Lipinski definition) is 3. The van der Waals surface area contributed by atoms with E-state index in [2.05, 4.69) is 13.8 Å². The monoisotopic (exact) mass is 310 g/mol. The Bertz CT molecular complexity index is 596. The van der Waals surface area contributed by atoms with Crippen molar-refractivity contribution in [3.8, 4) is 0 Å². The molecule has 2 N–H and O–H groups in total. The van der Waals surface area contributed by atoms with E-state index in [0.29, 0.717) is 35.5 Å². The van der Waals surface area contributed by atoms with E-state index >= 15 is 0 Å². The van der Waals surface area contributed by atoms with Crippen molar-refractivity contribution in [3.05, 3.63) is 23.8 Å². The van der Waals surface area contributed by atoms with Crippen LogP contribution in [0.5, 0.6) is 0 Å². The summed E-state index contributed by atoms with van der Waals surface area (Å²) in [7, 11) is -3.40. The second-order valence-electron chi connectivity index (χ2n) is 6.36. The maximum atomic E-state index is 12.8. The van der Waals surface area contributed by atoms with Gasteiger partial charge in [0.05, 0.1) is 4.90 Å². The number of nitrogens with zero attached hydrogens (tertiary/aromatic N) is 1. The van der Waals surface area contributed by atoms with E-state index < -0.39 is 10.0 Å². The Morgan fingerprint density at radius 1 is 1.24 bits per heavy atom. The van der Waals surface area contributed by atoms with E-state index in [1.807, 2.05) is 0 Å². The standard InChI is InChI=1S/C16H26N2O2S/c1-12(2)14-5-4-9-18(10-8-14)21(19,20)16-7-6-15(17)11-13(16)3/h6-7,11-12,14H,4-5,8-10,17H2,1-3H3. The third-order valence-electron chi connectivity index (χ3n) is 4.49. The van der Waals surface area contributed by atoms with Crippen LogP contribution in [0.25, 0.3) is 0 Å². The van der Waals surface area contributed by atoms with Crippen LogP contribution in [0, 0.1) is 18.8 Å². The molecule has 2 rings (SSSR count). The summed E-state index contributed by atoms with van der Waals surface area (Å²) in [6.45, 7) is 7.49. The van der Waals surface area contributed by atoms with Crippen LogP contribution in [0.2, 0.25) is 0 Å². The zero-order chi connectivity index (χ0) is 15.6. The average Bonchev–Trinajstić information content (AvgIpc) is 2.64. The summed E-state index contributed by atoms with van der Waals surface area (Å²) in [5.74, 6) is 1.24. The molecule has 1 saturated heterocycles.